The van der Waals surface area contributed by atoms with Gasteiger partial charge in [-0.25, -0.2) is 4.39 Å². The number of hydrogen-bond acceptors (Lipinski definition) is 5. The van der Waals surface area contributed by atoms with Crippen LogP contribution in [0.3, 0.4) is 0 Å². The lowest BCUT2D eigenvalue weighted by Gasteiger charge is -2.10. The topological polar surface area (TPSA) is 85.8 Å². The number of carbonyl (C=O) groups excluding carboxylic acids is 1. The van der Waals surface area contributed by atoms with Crippen LogP contribution in [0.5, 0.6) is 0 Å². The maximum absolute atomic E-state index is 14.1. The lowest BCUT2D eigenvalue weighted by atomic mass is 10.3. The van der Waals surface area contributed by atoms with E-state index in [1.165, 1.54) is 17.8 Å². The van der Waals surface area contributed by atoms with Crippen LogP contribution in [-0.4, -0.2) is 39.5 Å². The van der Waals surface area contributed by atoms with Crippen molar-refractivity contribution in [3.63, 3.8) is 0 Å². The predicted molar refractivity (Wildman–Crippen MR) is 90.7 cm³/mol. The van der Waals surface area contributed by atoms with Gasteiger partial charge in [-0.1, -0.05) is 23.9 Å². The van der Waals surface area contributed by atoms with Crippen molar-refractivity contribution >= 4 is 30.1 Å². The van der Waals surface area contributed by atoms with Gasteiger partial charge >= 0.3 is 0 Å². The van der Waals surface area contributed by atoms with Crippen LogP contribution in [-0.2, 0) is 11.2 Å². The fourth-order valence-corrected chi connectivity index (χ4v) is 2.73. The molecule has 126 valence electrons. The van der Waals surface area contributed by atoms with Gasteiger partial charge in [0.1, 0.15) is 11.6 Å². The molecule has 3 N–H and O–H groups in total. The Kier molecular flexibility index (Phi) is 8.01. The largest absolute Gasteiger partial charge is 0.356 e. The molecule has 0 aliphatic heterocycles. The molecule has 1 amide bonds. The van der Waals surface area contributed by atoms with Crippen molar-refractivity contribution in [1.82, 2.24) is 20.1 Å². The average molecular weight is 360 g/mol. The number of amides is 1. The predicted octanol–water partition coefficient (Wildman–Crippen LogP) is 1.56. The van der Waals surface area contributed by atoms with E-state index >= 15 is 0 Å². The first-order valence-corrected chi connectivity index (χ1v) is 7.94. The summed E-state index contributed by atoms with van der Waals surface area (Å²) < 4.78 is 15.7. The van der Waals surface area contributed by atoms with Crippen molar-refractivity contribution < 1.29 is 9.18 Å². The third-order valence-electron chi connectivity index (χ3n) is 2.87. The van der Waals surface area contributed by atoms with E-state index in [0.29, 0.717) is 36.2 Å². The molecular weight excluding hydrogens is 341 g/mol. The second kappa shape index (κ2) is 9.49. The smallest absolute Gasteiger partial charge is 0.230 e. The highest BCUT2D eigenvalue weighted by atomic mass is 35.5. The van der Waals surface area contributed by atoms with E-state index in [4.69, 9.17) is 5.73 Å². The summed E-state index contributed by atoms with van der Waals surface area (Å²) in [6.45, 7) is 2.80. The van der Waals surface area contributed by atoms with Crippen LogP contribution in [0.1, 0.15) is 12.7 Å². The lowest BCUT2D eigenvalue weighted by Crippen LogP contribution is -2.24. The molecule has 0 unspecified atom stereocenters. The molecule has 0 saturated carbocycles. The molecule has 0 bridgehead atoms. The first-order chi connectivity index (χ1) is 10.7. The zero-order valence-electron chi connectivity index (χ0n) is 12.7. The summed E-state index contributed by atoms with van der Waals surface area (Å²) in [7, 11) is 0. The minimum Gasteiger partial charge on any atom is -0.356 e. The summed E-state index contributed by atoms with van der Waals surface area (Å²) in [5.74, 6) is 0.297. The SMILES string of the molecule is CCNC(=O)CSc1nnc(CCN)n1-c1ccccc1F.Cl. The van der Waals surface area contributed by atoms with Crippen LogP contribution < -0.4 is 11.1 Å². The van der Waals surface area contributed by atoms with E-state index in [2.05, 4.69) is 15.5 Å². The van der Waals surface area contributed by atoms with Crippen LogP contribution in [0.25, 0.3) is 5.69 Å². The average Bonchev–Trinajstić information content (AvgIpc) is 2.89. The van der Waals surface area contributed by atoms with E-state index in [1.54, 1.807) is 22.8 Å². The van der Waals surface area contributed by atoms with Gasteiger partial charge in [0.2, 0.25) is 5.91 Å². The Labute approximate surface area is 144 Å². The third kappa shape index (κ3) is 4.92. The highest BCUT2D eigenvalue weighted by molar-refractivity contribution is 7.99. The Bertz CT molecular complexity index is 652. The molecule has 0 spiro atoms. The fourth-order valence-electron chi connectivity index (χ4n) is 1.94. The standard InChI is InChI=1S/C14H18FN5OS.ClH/c1-2-17-13(21)9-22-14-19-18-12(7-8-16)20(14)11-6-4-3-5-10(11)15;/h3-6H,2,7-9,16H2,1H3,(H,17,21);1H. The first-order valence-electron chi connectivity index (χ1n) is 6.96. The monoisotopic (exact) mass is 359 g/mol. The van der Waals surface area contributed by atoms with Crippen molar-refractivity contribution in [2.24, 2.45) is 5.73 Å². The van der Waals surface area contributed by atoms with Gasteiger partial charge in [-0.05, 0) is 25.6 Å². The maximum atomic E-state index is 14.1. The zero-order chi connectivity index (χ0) is 15.9. The Morgan fingerprint density at radius 2 is 2.13 bits per heavy atom. The Balaban J connectivity index is 0.00000264. The van der Waals surface area contributed by atoms with Crippen molar-refractivity contribution in [3.8, 4) is 5.69 Å². The second-order valence-corrected chi connectivity index (χ2v) is 5.41. The number of para-hydroxylation sites is 1. The minimum absolute atomic E-state index is 0. The number of nitrogens with zero attached hydrogens (tertiary/aromatic N) is 3. The molecule has 0 radical (unpaired) electrons. The van der Waals surface area contributed by atoms with Crippen LogP contribution in [0.15, 0.2) is 29.4 Å². The van der Waals surface area contributed by atoms with Crippen LogP contribution in [0.4, 0.5) is 4.39 Å². The second-order valence-electron chi connectivity index (χ2n) is 4.47. The highest BCUT2D eigenvalue weighted by Crippen LogP contribution is 2.23. The molecule has 1 heterocycles. The molecule has 9 heteroatoms. The highest BCUT2D eigenvalue weighted by Gasteiger charge is 2.17. The van der Waals surface area contributed by atoms with E-state index < -0.39 is 0 Å². The van der Waals surface area contributed by atoms with E-state index in [0.717, 1.165) is 0 Å². The van der Waals surface area contributed by atoms with Crippen LogP contribution >= 0.6 is 24.2 Å². The number of halogens is 2. The van der Waals surface area contributed by atoms with Gasteiger partial charge in [0.15, 0.2) is 5.16 Å². The molecule has 1 aromatic carbocycles. The molecule has 23 heavy (non-hydrogen) atoms. The summed E-state index contributed by atoms with van der Waals surface area (Å²) in [6, 6.07) is 6.38. The molecular formula is C14H19ClFN5OS. The summed E-state index contributed by atoms with van der Waals surface area (Å²) in [5.41, 5.74) is 5.93. The Morgan fingerprint density at radius 3 is 2.78 bits per heavy atom. The summed E-state index contributed by atoms with van der Waals surface area (Å²) in [6.07, 6.45) is 0.475. The number of hydrogen-bond donors (Lipinski definition) is 2. The van der Waals surface area contributed by atoms with Crippen molar-refractivity contribution in [1.29, 1.82) is 0 Å². The molecule has 0 atom stereocenters. The van der Waals surface area contributed by atoms with Crippen molar-refractivity contribution in [2.75, 3.05) is 18.8 Å². The van der Waals surface area contributed by atoms with Gasteiger partial charge in [-0.15, -0.1) is 22.6 Å². The molecule has 0 aliphatic carbocycles. The lowest BCUT2D eigenvalue weighted by molar-refractivity contribution is -0.118. The molecule has 1 aromatic heterocycles. The minimum atomic E-state index is -0.375. The Morgan fingerprint density at radius 1 is 1.39 bits per heavy atom. The molecule has 6 nitrogen and oxygen atoms in total. The Hall–Kier alpha value is -1.64. The number of thioether (sulfide) groups is 1. The van der Waals surface area contributed by atoms with Crippen LogP contribution in [0, 0.1) is 5.82 Å². The van der Waals surface area contributed by atoms with Gasteiger partial charge < -0.3 is 11.1 Å². The van der Waals surface area contributed by atoms with E-state index in [-0.39, 0.29) is 29.9 Å². The van der Waals surface area contributed by atoms with Crippen molar-refractivity contribution in [2.45, 2.75) is 18.5 Å². The molecule has 0 aliphatic rings. The van der Waals surface area contributed by atoms with Gasteiger partial charge in [-0.2, -0.15) is 0 Å². The van der Waals surface area contributed by atoms with E-state index in [1.807, 2.05) is 6.92 Å². The number of benzene rings is 1. The summed E-state index contributed by atoms with van der Waals surface area (Å²) in [4.78, 5) is 11.6. The van der Waals surface area contributed by atoms with Gasteiger partial charge in [0.05, 0.1) is 11.4 Å². The first kappa shape index (κ1) is 19.4. The molecule has 0 fully saturated rings. The van der Waals surface area contributed by atoms with E-state index in [9.17, 15) is 9.18 Å². The molecule has 2 rings (SSSR count). The normalized spacial score (nSPS) is 10.2. The number of rotatable bonds is 7. The third-order valence-corrected chi connectivity index (χ3v) is 3.80. The van der Waals surface area contributed by atoms with Gasteiger partial charge in [-0.3, -0.25) is 9.36 Å². The maximum Gasteiger partial charge on any atom is 0.230 e. The van der Waals surface area contributed by atoms with Gasteiger partial charge in [0.25, 0.3) is 0 Å². The summed E-state index contributed by atoms with van der Waals surface area (Å²) >= 11 is 1.22. The molecule has 0 saturated heterocycles. The number of carbonyl (C=O) groups is 1. The molecule has 2 aromatic rings. The number of nitrogens with two attached hydrogens (primary N) is 1. The number of nitrogens with one attached hydrogen (secondary N) is 1. The van der Waals surface area contributed by atoms with Crippen LogP contribution in [0.2, 0.25) is 0 Å². The van der Waals surface area contributed by atoms with Crippen molar-refractivity contribution in [3.05, 3.63) is 35.9 Å². The van der Waals surface area contributed by atoms with Gasteiger partial charge in [0, 0.05) is 13.0 Å². The summed E-state index contributed by atoms with van der Waals surface area (Å²) in [5, 5.41) is 11.3. The number of aromatic nitrogens is 3. The fraction of sp³-hybridized carbons (Fsp3) is 0.357. The zero-order valence-corrected chi connectivity index (χ0v) is 14.3. The quantitative estimate of drug-likeness (QED) is 0.733.